The number of H-pyrrole nitrogens is 2. The van der Waals surface area contributed by atoms with E-state index in [-0.39, 0.29) is 11.3 Å². The standard InChI is InChI=1S/C24H14ClN3O3/c25-14-8-5-12(6-9-14)21-19(18-16(27-21)10-7-13-11-26-28-22(13)18)20-23(29)15-3-1-2-4-17(15)31-24(20)30/h1-11,26,28-29H. The summed E-state index contributed by atoms with van der Waals surface area (Å²) in [5.74, 6) is -0.135. The normalized spacial score (nSPS) is 11.6. The third-order valence-electron chi connectivity index (χ3n) is 5.51. The van der Waals surface area contributed by atoms with E-state index < -0.39 is 5.63 Å². The molecule has 3 heterocycles. The van der Waals surface area contributed by atoms with Crippen LogP contribution in [0.4, 0.5) is 0 Å². The van der Waals surface area contributed by atoms with Gasteiger partial charge in [-0.15, -0.1) is 0 Å². The van der Waals surface area contributed by atoms with Crippen LogP contribution < -0.4 is 5.63 Å². The summed E-state index contributed by atoms with van der Waals surface area (Å²) < 4.78 is 5.57. The molecule has 0 bridgehead atoms. The van der Waals surface area contributed by atoms with Crippen molar-refractivity contribution in [3.63, 3.8) is 0 Å². The van der Waals surface area contributed by atoms with Gasteiger partial charge in [0.05, 0.1) is 22.1 Å². The molecule has 6 aromatic rings. The van der Waals surface area contributed by atoms with Crippen molar-refractivity contribution >= 4 is 44.4 Å². The molecule has 6 rings (SSSR count). The second-order valence-corrected chi connectivity index (χ2v) is 7.73. The van der Waals surface area contributed by atoms with Gasteiger partial charge in [0.25, 0.3) is 0 Å². The summed E-state index contributed by atoms with van der Waals surface area (Å²) in [5.41, 5.74) is 3.08. The monoisotopic (exact) mass is 427 g/mol. The number of fused-ring (bicyclic) bond motifs is 4. The first kappa shape index (κ1) is 17.8. The SMILES string of the molecule is O=c1oc2ccccc2c(O)c1-c1c(-c2ccc(Cl)cc2)nc2ccc3c[nH][nH]c3c12. The van der Waals surface area contributed by atoms with E-state index in [0.717, 1.165) is 21.9 Å². The number of aromatic amines is 2. The Bertz CT molecular complexity index is 1680. The van der Waals surface area contributed by atoms with Crippen LogP contribution >= 0.6 is 11.6 Å². The van der Waals surface area contributed by atoms with Crippen molar-refractivity contribution in [2.45, 2.75) is 0 Å². The Morgan fingerprint density at radius 3 is 2.61 bits per heavy atom. The van der Waals surface area contributed by atoms with Crippen LogP contribution in [-0.4, -0.2) is 20.3 Å². The minimum Gasteiger partial charge on any atom is -0.506 e. The highest BCUT2D eigenvalue weighted by Gasteiger charge is 2.26. The van der Waals surface area contributed by atoms with Crippen LogP contribution in [0.25, 0.3) is 55.2 Å². The molecule has 0 fully saturated rings. The van der Waals surface area contributed by atoms with Gasteiger partial charge in [0.15, 0.2) is 0 Å². The number of nitrogens with one attached hydrogen (secondary N) is 2. The highest BCUT2D eigenvalue weighted by molar-refractivity contribution is 6.30. The van der Waals surface area contributed by atoms with Gasteiger partial charge in [-0.05, 0) is 36.4 Å². The van der Waals surface area contributed by atoms with E-state index in [1.807, 2.05) is 30.5 Å². The fourth-order valence-corrected chi connectivity index (χ4v) is 4.23. The minimum atomic E-state index is -0.631. The van der Waals surface area contributed by atoms with Gasteiger partial charge < -0.3 is 19.7 Å². The summed E-state index contributed by atoms with van der Waals surface area (Å²) in [6, 6.07) is 17.9. The predicted molar refractivity (Wildman–Crippen MR) is 122 cm³/mol. The molecular weight excluding hydrogens is 414 g/mol. The predicted octanol–water partition coefficient (Wildman–Crippen LogP) is 5.84. The lowest BCUT2D eigenvalue weighted by atomic mass is 9.97. The number of para-hydroxylation sites is 1. The van der Waals surface area contributed by atoms with E-state index in [2.05, 4.69) is 10.2 Å². The van der Waals surface area contributed by atoms with Crippen molar-refractivity contribution in [2.24, 2.45) is 0 Å². The van der Waals surface area contributed by atoms with Crippen molar-refractivity contribution in [1.82, 2.24) is 15.2 Å². The largest absolute Gasteiger partial charge is 0.506 e. The Hall–Kier alpha value is -4.03. The molecule has 0 aliphatic heterocycles. The Labute approximate surface area is 179 Å². The average molecular weight is 428 g/mol. The number of hydrogen-bond donors (Lipinski definition) is 3. The summed E-state index contributed by atoms with van der Waals surface area (Å²) in [6.45, 7) is 0. The first-order chi connectivity index (χ1) is 15.1. The molecule has 0 amide bonds. The molecule has 0 aliphatic rings. The molecule has 0 spiro atoms. The molecule has 0 aliphatic carbocycles. The van der Waals surface area contributed by atoms with E-state index in [1.165, 1.54) is 0 Å². The summed E-state index contributed by atoms with van der Waals surface area (Å²) in [7, 11) is 0. The molecule has 0 saturated heterocycles. The van der Waals surface area contributed by atoms with E-state index in [4.69, 9.17) is 21.0 Å². The van der Waals surface area contributed by atoms with Crippen molar-refractivity contribution in [3.8, 4) is 28.1 Å². The number of aromatic hydroxyl groups is 1. The van der Waals surface area contributed by atoms with Crippen LogP contribution in [0, 0.1) is 0 Å². The van der Waals surface area contributed by atoms with Crippen LogP contribution in [0.5, 0.6) is 5.75 Å². The summed E-state index contributed by atoms with van der Waals surface area (Å²) >= 11 is 6.08. The molecule has 3 aromatic heterocycles. The van der Waals surface area contributed by atoms with Gasteiger partial charge in [-0.2, -0.15) is 0 Å². The Morgan fingerprint density at radius 1 is 0.968 bits per heavy atom. The Balaban J connectivity index is 1.82. The van der Waals surface area contributed by atoms with Gasteiger partial charge in [-0.1, -0.05) is 35.9 Å². The maximum absolute atomic E-state index is 13.1. The van der Waals surface area contributed by atoms with Crippen LogP contribution in [0.1, 0.15) is 0 Å². The Morgan fingerprint density at radius 2 is 1.77 bits per heavy atom. The topological polar surface area (TPSA) is 94.9 Å². The van der Waals surface area contributed by atoms with E-state index in [0.29, 0.717) is 32.8 Å². The Kier molecular flexibility index (Phi) is 3.72. The molecule has 0 atom stereocenters. The molecule has 0 saturated carbocycles. The molecule has 31 heavy (non-hydrogen) atoms. The number of rotatable bonds is 2. The minimum absolute atomic E-state index is 0.0771. The number of aromatic nitrogens is 3. The lowest BCUT2D eigenvalue weighted by Gasteiger charge is -2.09. The first-order valence-corrected chi connectivity index (χ1v) is 9.99. The highest BCUT2D eigenvalue weighted by Crippen LogP contribution is 2.44. The second kappa shape index (κ2) is 6.48. The van der Waals surface area contributed by atoms with Crippen LogP contribution in [0.2, 0.25) is 5.02 Å². The maximum atomic E-state index is 13.1. The highest BCUT2D eigenvalue weighted by atomic mass is 35.5. The molecule has 0 unspecified atom stereocenters. The molecular formula is C24H14ClN3O3. The summed E-state index contributed by atoms with van der Waals surface area (Å²) in [5, 5.41) is 20.0. The molecule has 7 heteroatoms. The smallest absolute Gasteiger partial charge is 0.348 e. The van der Waals surface area contributed by atoms with Gasteiger partial charge in [-0.3, -0.25) is 0 Å². The number of benzene rings is 3. The molecule has 150 valence electrons. The van der Waals surface area contributed by atoms with E-state index in [1.54, 1.807) is 36.4 Å². The van der Waals surface area contributed by atoms with E-state index >= 15 is 0 Å². The summed E-state index contributed by atoms with van der Waals surface area (Å²) in [6.07, 6.45) is 1.83. The van der Waals surface area contributed by atoms with Gasteiger partial charge >= 0.3 is 5.63 Å². The number of nitrogens with zero attached hydrogens (tertiary/aromatic N) is 1. The van der Waals surface area contributed by atoms with Gasteiger partial charge in [0, 0.05) is 33.1 Å². The van der Waals surface area contributed by atoms with Crippen LogP contribution in [0.3, 0.4) is 0 Å². The zero-order valence-electron chi connectivity index (χ0n) is 15.9. The zero-order chi connectivity index (χ0) is 21.1. The first-order valence-electron chi connectivity index (χ1n) is 9.61. The van der Waals surface area contributed by atoms with Crippen molar-refractivity contribution in [1.29, 1.82) is 0 Å². The summed E-state index contributed by atoms with van der Waals surface area (Å²) in [4.78, 5) is 17.9. The third kappa shape index (κ3) is 2.59. The van der Waals surface area contributed by atoms with Gasteiger partial charge in [0.2, 0.25) is 0 Å². The van der Waals surface area contributed by atoms with Gasteiger partial charge in [-0.25, -0.2) is 9.78 Å². The molecule has 3 N–H and O–H groups in total. The fraction of sp³-hybridized carbons (Fsp3) is 0. The average Bonchev–Trinajstić information content (AvgIpc) is 3.39. The van der Waals surface area contributed by atoms with Crippen molar-refractivity contribution in [3.05, 3.63) is 82.3 Å². The zero-order valence-corrected chi connectivity index (χ0v) is 16.7. The second-order valence-electron chi connectivity index (χ2n) is 7.29. The maximum Gasteiger partial charge on any atom is 0.348 e. The number of hydrogen-bond acceptors (Lipinski definition) is 4. The quantitative estimate of drug-likeness (QED) is 0.302. The molecule has 6 nitrogen and oxygen atoms in total. The van der Waals surface area contributed by atoms with E-state index in [9.17, 15) is 9.90 Å². The van der Waals surface area contributed by atoms with Crippen LogP contribution in [-0.2, 0) is 0 Å². The van der Waals surface area contributed by atoms with Gasteiger partial charge in [0.1, 0.15) is 16.9 Å². The lowest BCUT2D eigenvalue weighted by Crippen LogP contribution is -2.04. The van der Waals surface area contributed by atoms with Crippen molar-refractivity contribution in [2.75, 3.05) is 0 Å². The number of halogens is 1. The molecule has 3 aromatic carbocycles. The fourth-order valence-electron chi connectivity index (χ4n) is 4.10. The van der Waals surface area contributed by atoms with Crippen molar-refractivity contribution < 1.29 is 9.52 Å². The third-order valence-corrected chi connectivity index (χ3v) is 5.76. The molecule has 0 radical (unpaired) electrons. The lowest BCUT2D eigenvalue weighted by molar-refractivity contribution is 0.471. The van der Waals surface area contributed by atoms with Crippen LogP contribution in [0.15, 0.2) is 76.1 Å².